The Hall–Kier alpha value is 0.310. The minimum absolute atomic E-state index is 0.290. The van der Waals surface area contributed by atoms with E-state index in [9.17, 15) is 0 Å². The van der Waals surface area contributed by atoms with Crippen LogP contribution in [0, 0.1) is 11.8 Å². The summed E-state index contributed by atoms with van der Waals surface area (Å²) >= 11 is 2.09. The summed E-state index contributed by atoms with van der Waals surface area (Å²) in [6, 6.07) is 0. The van der Waals surface area contributed by atoms with Gasteiger partial charge in [-0.1, -0.05) is 6.92 Å². The van der Waals surface area contributed by atoms with Crippen LogP contribution in [0.3, 0.4) is 0 Å². The zero-order chi connectivity index (χ0) is 11.3. The van der Waals surface area contributed by atoms with Crippen molar-refractivity contribution >= 4 is 11.8 Å². The molecule has 0 bridgehead atoms. The molecule has 0 aliphatic heterocycles. The highest BCUT2D eigenvalue weighted by Crippen LogP contribution is 2.37. The van der Waals surface area contributed by atoms with Crippen LogP contribution < -0.4 is 5.32 Å². The van der Waals surface area contributed by atoms with Crippen LogP contribution in [-0.4, -0.2) is 23.6 Å². The minimum Gasteiger partial charge on any atom is -0.312 e. The van der Waals surface area contributed by atoms with Crippen LogP contribution in [0.2, 0.25) is 0 Å². The van der Waals surface area contributed by atoms with Crippen molar-refractivity contribution in [2.24, 2.45) is 11.8 Å². The summed E-state index contributed by atoms with van der Waals surface area (Å²) < 4.78 is 0. The second kappa shape index (κ2) is 6.15. The lowest BCUT2D eigenvalue weighted by Crippen LogP contribution is -2.43. The summed E-state index contributed by atoms with van der Waals surface area (Å²) in [6.07, 6.45) is 4.36. The molecule has 0 aromatic rings. The van der Waals surface area contributed by atoms with Gasteiger partial charge in [-0.3, -0.25) is 0 Å². The van der Waals surface area contributed by atoms with E-state index < -0.39 is 0 Å². The van der Waals surface area contributed by atoms with Gasteiger partial charge in [0.1, 0.15) is 0 Å². The van der Waals surface area contributed by atoms with Gasteiger partial charge in [0, 0.05) is 5.54 Å². The van der Waals surface area contributed by atoms with Crippen molar-refractivity contribution in [2.75, 3.05) is 18.1 Å². The maximum Gasteiger partial charge on any atom is 0.00966 e. The number of nitrogens with one attached hydrogen (secondary N) is 1. The van der Waals surface area contributed by atoms with Crippen molar-refractivity contribution in [1.29, 1.82) is 0 Å². The zero-order valence-corrected chi connectivity index (χ0v) is 11.6. The molecule has 0 radical (unpaired) electrons. The lowest BCUT2D eigenvalue weighted by atomic mass is 9.72. The first kappa shape index (κ1) is 13.4. The van der Waals surface area contributed by atoms with Crippen molar-refractivity contribution in [2.45, 2.75) is 52.5 Å². The van der Waals surface area contributed by atoms with Gasteiger partial charge in [0.05, 0.1) is 0 Å². The summed E-state index contributed by atoms with van der Waals surface area (Å²) in [5, 5.41) is 3.64. The van der Waals surface area contributed by atoms with Crippen LogP contribution in [0.5, 0.6) is 0 Å². The third-order valence-electron chi connectivity index (χ3n) is 3.31. The molecule has 2 unspecified atom stereocenters. The Bertz CT molecular complexity index is 174. The molecule has 1 aliphatic rings. The highest BCUT2D eigenvalue weighted by atomic mass is 32.2. The average molecular weight is 229 g/mol. The molecular weight excluding hydrogens is 202 g/mol. The molecule has 0 amide bonds. The monoisotopic (exact) mass is 229 g/mol. The van der Waals surface area contributed by atoms with E-state index in [1.165, 1.54) is 37.3 Å². The van der Waals surface area contributed by atoms with Crippen LogP contribution in [0.4, 0.5) is 0 Å². The molecular formula is C13H27NS. The first-order chi connectivity index (χ1) is 7.03. The van der Waals surface area contributed by atoms with Crippen LogP contribution in [0.1, 0.15) is 47.0 Å². The van der Waals surface area contributed by atoms with Crippen molar-refractivity contribution in [3.05, 3.63) is 0 Å². The quantitative estimate of drug-likeness (QED) is 0.699. The Balaban J connectivity index is 2.10. The second-order valence-electron chi connectivity index (χ2n) is 5.71. The highest BCUT2D eigenvalue weighted by Gasteiger charge is 2.30. The van der Waals surface area contributed by atoms with E-state index in [4.69, 9.17) is 0 Å². The number of hydrogen-bond donors (Lipinski definition) is 1. The molecule has 15 heavy (non-hydrogen) atoms. The second-order valence-corrected chi connectivity index (χ2v) is 7.11. The zero-order valence-electron chi connectivity index (χ0n) is 10.8. The standard InChI is InChI=1S/C13H27NS/c1-5-15-9-8-11-6-7-12(11)10-14-13(2,3)4/h11-12,14H,5-10H2,1-4H3. The van der Waals surface area contributed by atoms with E-state index in [0.717, 1.165) is 11.8 Å². The van der Waals surface area contributed by atoms with E-state index in [-0.39, 0.29) is 5.54 Å². The van der Waals surface area contributed by atoms with Gasteiger partial charge in [-0.15, -0.1) is 0 Å². The molecule has 2 atom stereocenters. The highest BCUT2D eigenvalue weighted by molar-refractivity contribution is 7.99. The maximum atomic E-state index is 3.64. The SMILES string of the molecule is CCSCCC1CCC1CNC(C)(C)C. The molecule has 90 valence electrons. The van der Waals surface area contributed by atoms with Gasteiger partial charge in [-0.05, 0) is 69.9 Å². The molecule has 0 aromatic heterocycles. The summed E-state index contributed by atoms with van der Waals surface area (Å²) in [4.78, 5) is 0. The largest absolute Gasteiger partial charge is 0.312 e. The summed E-state index contributed by atoms with van der Waals surface area (Å²) in [5.74, 6) is 4.62. The molecule has 0 heterocycles. The molecule has 1 aliphatic carbocycles. The normalized spacial score (nSPS) is 26.4. The predicted octanol–water partition coefficient (Wildman–Crippen LogP) is 3.54. The van der Waals surface area contributed by atoms with Crippen LogP contribution in [-0.2, 0) is 0 Å². The lowest BCUT2D eigenvalue weighted by molar-refractivity contribution is 0.156. The molecule has 0 spiro atoms. The Morgan fingerprint density at radius 3 is 2.33 bits per heavy atom. The topological polar surface area (TPSA) is 12.0 Å². The van der Waals surface area contributed by atoms with Gasteiger partial charge in [-0.25, -0.2) is 0 Å². The third kappa shape index (κ3) is 5.26. The number of thioether (sulfide) groups is 1. The molecule has 2 heteroatoms. The van der Waals surface area contributed by atoms with E-state index in [1.54, 1.807) is 0 Å². The molecule has 1 fully saturated rings. The van der Waals surface area contributed by atoms with Gasteiger partial charge in [-0.2, -0.15) is 11.8 Å². The fourth-order valence-electron chi connectivity index (χ4n) is 2.10. The Morgan fingerprint density at radius 1 is 1.20 bits per heavy atom. The molecule has 1 saturated carbocycles. The molecule has 1 nitrogen and oxygen atoms in total. The van der Waals surface area contributed by atoms with Crippen molar-refractivity contribution in [3.63, 3.8) is 0 Å². The summed E-state index contributed by atoms with van der Waals surface area (Å²) in [6.45, 7) is 10.3. The average Bonchev–Trinajstić information content (AvgIpc) is 2.08. The Labute approximate surface area is 99.8 Å². The molecule has 1 rings (SSSR count). The van der Waals surface area contributed by atoms with E-state index in [0.29, 0.717) is 0 Å². The summed E-state index contributed by atoms with van der Waals surface area (Å²) in [5.41, 5.74) is 0.290. The number of rotatable bonds is 6. The predicted molar refractivity (Wildman–Crippen MR) is 71.6 cm³/mol. The van der Waals surface area contributed by atoms with Crippen molar-refractivity contribution in [3.8, 4) is 0 Å². The van der Waals surface area contributed by atoms with Gasteiger partial charge in [0.15, 0.2) is 0 Å². The van der Waals surface area contributed by atoms with Crippen LogP contribution in [0.15, 0.2) is 0 Å². The van der Waals surface area contributed by atoms with Crippen LogP contribution in [0.25, 0.3) is 0 Å². The Morgan fingerprint density at radius 2 is 1.87 bits per heavy atom. The van der Waals surface area contributed by atoms with Gasteiger partial charge in [0.25, 0.3) is 0 Å². The van der Waals surface area contributed by atoms with E-state index in [1.807, 2.05) is 0 Å². The molecule has 0 saturated heterocycles. The fourth-order valence-corrected chi connectivity index (χ4v) is 2.86. The molecule has 0 aromatic carbocycles. The lowest BCUT2D eigenvalue weighted by Gasteiger charge is -2.38. The van der Waals surface area contributed by atoms with Crippen LogP contribution >= 0.6 is 11.8 Å². The molecule has 1 N–H and O–H groups in total. The third-order valence-corrected chi connectivity index (χ3v) is 4.24. The van der Waals surface area contributed by atoms with E-state index >= 15 is 0 Å². The minimum atomic E-state index is 0.290. The van der Waals surface area contributed by atoms with E-state index in [2.05, 4.69) is 44.8 Å². The van der Waals surface area contributed by atoms with Gasteiger partial charge < -0.3 is 5.32 Å². The first-order valence-electron chi connectivity index (χ1n) is 6.35. The smallest absolute Gasteiger partial charge is 0.00966 e. The summed E-state index contributed by atoms with van der Waals surface area (Å²) in [7, 11) is 0. The van der Waals surface area contributed by atoms with Gasteiger partial charge >= 0.3 is 0 Å². The first-order valence-corrected chi connectivity index (χ1v) is 7.51. The van der Waals surface area contributed by atoms with Crippen molar-refractivity contribution in [1.82, 2.24) is 5.32 Å². The fraction of sp³-hybridized carbons (Fsp3) is 1.00. The van der Waals surface area contributed by atoms with Crippen molar-refractivity contribution < 1.29 is 0 Å². The maximum absolute atomic E-state index is 3.64. The Kier molecular flexibility index (Phi) is 5.48. The number of hydrogen-bond acceptors (Lipinski definition) is 2. The van der Waals surface area contributed by atoms with Gasteiger partial charge in [0.2, 0.25) is 0 Å².